The van der Waals surface area contributed by atoms with Crippen molar-refractivity contribution in [1.29, 1.82) is 0 Å². The summed E-state index contributed by atoms with van der Waals surface area (Å²) in [5.41, 5.74) is 7.88. The molecule has 0 aromatic carbocycles. The van der Waals surface area contributed by atoms with Gasteiger partial charge in [-0.1, -0.05) is 11.2 Å². The topological polar surface area (TPSA) is 74.6 Å². The Kier molecular flexibility index (Phi) is 4.24. The Morgan fingerprint density at radius 3 is 2.57 bits per heavy atom. The molecule has 150 valence electrons. The molecule has 0 saturated carbocycles. The molecule has 30 heavy (non-hydrogen) atoms. The number of aromatic nitrogens is 6. The molecule has 0 spiro atoms. The lowest BCUT2D eigenvalue weighted by atomic mass is 10.1. The highest BCUT2D eigenvalue weighted by atomic mass is 16.5. The zero-order valence-electron chi connectivity index (χ0n) is 17.4. The summed E-state index contributed by atoms with van der Waals surface area (Å²) in [6, 6.07) is 8.20. The molecule has 5 rings (SSSR count). The summed E-state index contributed by atoms with van der Waals surface area (Å²) < 4.78 is 9.42. The highest BCUT2D eigenvalue weighted by Crippen LogP contribution is 2.36. The van der Waals surface area contributed by atoms with Gasteiger partial charge < -0.3 is 9.09 Å². The van der Waals surface area contributed by atoms with E-state index in [-0.39, 0.29) is 6.04 Å². The predicted octanol–water partition coefficient (Wildman–Crippen LogP) is 4.71. The maximum absolute atomic E-state index is 5.38. The van der Waals surface area contributed by atoms with Gasteiger partial charge in [-0.3, -0.25) is 14.6 Å². The van der Waals surface area contributed by atoms with E-state index in [1.165, 1.54) is 0 Å². The van der Waals surface area contributed by atoms with Crippen LogP contribution in [-0.2, 0) is 7.05 Å². The molecule has 7 nitrogen and oxygen atoms in total. The standard InChI is InChI=1S/C23H22N6O/c1-14-22(16(3)30-27-14)17-9-21-23(25-10-17)19(18-11-26-28(4)12-18)13-29(21)15(2)20-7-5-6-8-24-20/h5-13,15H,1-4H3/t15-/m0/s1. The molecule has 1 atom stereocenters. The molecule has 0 aliphatic carbocycles. The third kappa shape index (κ3) is 2.90. The molecule has 0 saturated heterocycles. The molecule has 0 fully saturated rings. The number of fused-ring (bicyclic) bond motifs is 1. The summed E-state index contributed by atoms with van der Waals surface area (Å²) in [5.74, 6) is 0.789. The zero-order chi connectivity index (χ0) is 20.8. The molecule has 5 heterocycles. The Hall–Kier alpha value is -3.74. The lowest BCUT2D eigenvalue weighted by Crippen LogP contribution is -2.07. The second-order valence-electron chi connectivity index (χ2n) is 7.57. The summed E-state index contributed by atoms with van der Waals surface area (Å²) in [5, 5.41) is 8.44. The number of hydrogen-bond donors (Lipinski definition) is 0. The molecule has 0 unspecified atom stereocenters. The first-order valence-electron chi connectivity index (χ1n) is 9.86. The van der Waals surface area contributed by atoms with E-state index in [0.29, 0.717) is 0 Å². The van der Waals surface area contributed by atoms with Gasteiger partial charge in [0.2, 0.25) is 0 Å². The molecular formula is C23H22N6O. The van der Waals surface area contributed by atoms with E-state index in [1.807, 2.05) is 63.9 Å². The summed E-state index contributed by atoms with van der Waals surface area (Å²) in [6.45, 7) is 6.03. The first-order chi connectivity index (χ1) is 14.5. The Balaban J connectivity index is 1.75. The van der Waals surface area contributed by atoms with Gasteiger partial charge in [-0.2, -0.15) is 5.10 Å². The van der Waals surface area contributed by atoms with Crippen LogP contribution in [0.2, 0.25) is 0 Å². The van der Waals surface area contributed by atoms with Crippen LogP contribution < -0.4 is 0 Å². The van der Waals surface area contributed by atoms with Gasteiger partial charge in [-0.05, 0) is 39.0 Å². The normalized spacial score (nSPS) is 12.5. The van der Waals surface area contributed by atoms with Crippen molar-refractivity contribution in [3.05, 3.63) is 72.4 Å². The second kappa shape index (κ2) is 6.95. The molecule has 0 bridgehead atoms. The van der Waals surface area contributed by atoms with Crippen molar-refractivity contribution in [1.82, 2.24) is 29.5 Å². The average Bonchev–Trinajstić information content (AvgIpc) is 3.44. The van der Waals surface area contributed by atoms with E-state index >= 15 is 0 Å². The quantitative estimate of drug-likeness (QED) is 0.438. The smallest absolute Gasteiger partial charge is 0.141 e. The van der Waals surface area contributed by atoms with E-state index < -0.39 is 0 Å². The summed E-state index contributed by atoms with van der Waals surface area (Å²) in [4.78, 5) is 9.42. The van der Waals surface area contributed by atoms with Crippen LogP contribution >= 0.6 is 0 Å². The molecule has 5 aromatic heterocycles. The highest BCUT2D eigenvalue weighted by molar-refractivity contribution is 5.95. The van der Waals surface area contributed by atoms with Crippen LogP contribution in [0.25, 0.3) is 33.3 Å². The molecule has 0 amide bonds. The minimum absolute atomic E-state index is 0.0424. The van der Waals surface area contributed by atoms with Crippen molar-refractivity contribution in [3.8, 4) is 22.3 Å². The Bertz CT molecular complexity index is 1330. The largest absolute Gasteiger partial charge is 0.361 e. The minimum Gasteiger partial charge on any atom is -0.361 e. The summed E-state index contributed by atoms with van der Waals surface area (Å²) in [7, 11) is 1.92. The zero-order valence-corrected chi connectivity index (χ0v) is 17.4. The van der Waals surface area contributed by atoms with E-state index in [2.05, 4.69) is 39.0 Å². The van der Waals surface area contributed by atoms with Crippen molar-refractivity contribution in [2.24, 2.45) is 7.05 Å². The first kappa shape index (κ1) is 18.3. The van der Waals surface area contributed by atoms with Crippen LogP contribution in [0.3, 0.4) is 0 Å². The van der Waals surface area contributed by atoms with Crippen LogP contribution in [0.1, 0.15) is 30.1 Å². The van der Waals surface area contributed by atoms with E-state index in [9.17, 15) is 0 Å². The van der Waals surface area contributed by atoms with Crippen molar-refractivity contribution in [2.75, 3.05) is 0 Å². The maximum atomic E-state index is 5.38. The maximum Gasteiger partial charge on any atom is 0.141 e. The first-order valence-corrected chi connectivity index (χ1v) is 9.86. The Labute approximate surface area is 174 Å². The number of rotatable bonds is 4. The highest BCUT2D eigenvalue weighted by Gasteiger charge is 2.20. The van der Waals surface area contributed by atoms with Crippen molar-refractivity contribution in [2.45, 2.75) is 26.8 Å². The van der Waals surface area contributed by atoms with Crippen molar-refractivity contribution in [3.63, 3.8) is 0 Å². The molecule has 0 aliphatic rings. The van der Waals surface area contributed by atoms with Crippen LogP contribution in [0.4, 0.5) is 0 Å². The molecule has 7 heteroatoms. The van der Waals surface area contributed by atoms with Crippen molar-refractivity contribution >= 4 is 11.0 Å². The monoisotopic (exact) mass is 398 g/mol. The van der Waals surface area contributed by atoms with Crippen LogP contribution in [0, 0.1) is 13.8 Å². The lowest BCUT2D eigenvalue weighted by Gasteiger charge is -2.15. The fourth-order valence-corrected chi connectivity index (χ4v) is 4.02. The van der Waals surface area contributed by atoms with Crippen LogP contribution in [-0.4, -0.2) is 29.5 Å². The summed E-state index contributed by atoms with van der Waals surface area (Å²) >= 11 is 0. The number of nitrogens with zero attached hydrogens (tertiary/aromatic N) is 6. The van der Waals surface area contributed by atoms with E-state index in [4.69, 9.17) is 9.51 Å². The molecular weight excluding hydrogens is 376 g/mol. The fourth-order valence-electron chi connectivity index (χ4n) is 4.02. The van der Waals surface area contributed by atoms with Gasteiger partial charge in [0, 0.05) is 54.1 Å². The number of aryl methyl sites for hydroxylation is 3. The molecule has 5 aromatic rings. The molecule has 0 N–H and O–H groups in total. The van der Waals surface area contributed by atoms with Gasteiger partial charge in [0.15, 0.2) is 0 Å². The molecule has 0 aliphatic heterocycles. The van der Waals surface area contributed by atoms with Gasteiger partial charge >= 0.3 is 0 Å². The molecule has 0 radical (unpaired) electrons. The van der Waals surface area contributed by atoms with Crippen molar-refractivity contribution < 1.29 is 4.52 Å². The third-order valence-corrected chi connectivity index (χ3v) is 5.54. The number of hydrogen-bond acceptors (Lipinski definition) is 5. The number of pyridine rings is 2. The lowest BCUT2D eigenvalue weighted by molar-refractivity contribution is 0.393. The van der Waals surface area contributed by atoms with Crippen LogP contribution in [0.5, 0.6) is 0 Å². The predicted molar refractivity (Wildman–Crippen MR) is 115 cm³/mol. The average molecular weight is 398 g/mol. The fraction of sp³-hybridized carbons (Fsp3) is 0.217. The van der Waals surface area contributed by atoms with Gasteiger partial charge in [0.25, 0.3) is 0 Å². The van der Waals surface area contributed by atoms with E-state index in [0.717, 1.165) is 50.4 Å². The summed E-state index contributed by atoms with van der Waals surface area (Å²) in [6.07, 6.45) is 9.74. The van der Waals surface area contributed by atoms with Gasteiger partial charge in [0.05, 0.1) is 34.7 Å². The SMILES string of the molecule is Cc1noc(C)c1-c1cnc2c(-c3cnn(C)c3)cn([C@@H](C)c3ccccn3)c2c1. The Morgan fingerprint density at radius 2 is 1.90 bits per heavy atom. The minimum atomic E-state index is 0.0424. The van der Waals surface area contributed by atoms with Gasteiger partial charge in [-0.15, -0.1) is 0 Å². The third-order valence-electron chi connectivity index (χ3n) is 5.54. The van der Waals surface area contributed by atoms with Gasteiger partial charge in [-0.25, -0.2) is 0 Å². The van der Waals surface area contributed by atoms with Gasteiger partial charge in [0.1, 0.15) is 5.76 Å². The van der Waals surface area contributed by atoms with Crippen LogP contribution in [0.15, 0.2) is 59.8 Å². The Morgan fingerprint density at radius 1 is 1.03 bits per heavy atom. The second-order valence-corrected chi connectivity index (χ2v) is 7.57. The van der Waals surface area contributed by atoms with E-state index in [1.54, 1.807) is 4.68 Å².